The Morgan fingerprint density at radius 2 is 1.60 bits per heavy atom. The van der Waals surface area contributed by atoms with Crippen molar-refractivity contribution in [1.29, 1.82) is 0 Å². The molecule has 0 aliphatic rings. The Balaban J connectivity index is 2.26. The minimum atomic E-state index is -0.541. The van der Waals surface area contributed by atoms with Crippen molar-refractivity contribution in [2.24, 2.45) is 0 Å². The summed E-state index contributed by atoms with van der Waals surface area (Å²) >= 11 is 6.00. The maximum Gasteiger partial charge on any atom is 0.243 e. The van der Waals surface area contributed by atoms with Gasteiger partial charge in [0.2, 0.25) is 11.8 Å². The molecule has 5 nitrogen and oxygen atoms in total. The number of rotatable bonds is 10. The highest BCUT2D eigenvalue weighted by Crippen LogP contribution is 2.18. The molecule has 2 amide bonds. The molecule has 162 valence electrons. The molecular formula is C24H31ClN2O3. The van der Waals surface area contributed by atoms with Crippen molar-refractivity contribution < 1.29 is 14.3 Å². The molecule has 2 rings (SSSR count). The van der Waals surface area contributed by atoms with Gasteiger partial charge in [0, 0.05) is 17.6 Å². The molecule has 2 aromatic carbocycles. The second-order valence-corrected chi connectivity index (χ2v) is 7.85. The lowest BCUT2D eigenvalue weighted by Crippen LogP contribution is -2.51. The van der Waals surface area contributed by atoms with Gasteiger partial charge in [-0.3, -0.25) is 9.59 Å². The van der Waals surface area contributed by atoms with Gasteiger partial charge < -0.3 is 15.0 Å². The van der Waals surface area contributed by atoms with E-state index in [1.54, 1.807) is 24.1 Å². The first kappa shape index (κ1) is 23.7. The van der Waals surface area contributed by atoms with E-state index in [0.29, 0.717) is 18.0 Å². The van der Waals surface area contributed by atoms with E-state index < -0.39 is 6.04 Å². The van der Waals surface area contributed by atoms with E-state index in [0.717, 1.165) is 23.3 Å². The third kappa shape index (κ3) is 6.77. The van der Waals surface area contributed by atoms with Crippen LogP contribution in [0, 0.1) is 0 Å². The van der Waals surface area contributed by atoms with E-state index in [1.165, 1.54) is 0 Å². The van der Waals surface area contributed by atoms with Crippen LogP contribution in [-0.4, -0.2) is 35.9 Å². The van der Waals surface area contributed by atoms with Crippen LogP contribution in [-0.2, 0) is 22.6 Å². The maximum atomic E-state index is 13.3. The van der Waals surface area contributed by atoms with Crippen LogP contribution in [0.1, 0.15) is 44.7 Å². The van der Waals surface area contributed by atoms with Gasteiger partial charge in [-0.15, -0.1) is 0 Å². The van der Waals surface area contributed by atoms with Crippen molar-refractivity contribution >= 4 is 23.4 Å². The number of carbonyl (C=O) groups is 2. The number of carbonyl (C=O) groups excluding carboxylic acids is 2. The minimum absolute atomic E-state index is 0.0561. The molecule has 2 atom stereocenters. The summed E-state index contributed by atoms with van der Waals surface area (Å²) in [6.07, 6.45) is 1.58. The standard InChI is InChI=1S/C24H31ClN2O3/c1-5-17(3)26-24(29)22(6-2)27(16-19-7-11-20(25)12-8-19)23(28)15-18-9-13-21(30-4)14-10-18/h7-14,17,22H,5-6,15-16H2,1-4H3,(H,26,29)/t17-,22-/m1/s1. The van der Waals surface area contributed by atoms with Gasteiger partial charge in [0.05, 0.1) is 13.5 Å². The zero-order chi connectivity index (χ0) is 22.1. The number of nitrogens with zero attached hydrogens (tertiary/aromatic N) is 1. The molecular weight excluding hydrogens is 400 g/mol. The van der Waals surface area contributed by atoms with Crippen molar-refractivity contribution in [1.82, 2.24) is 10.2 Å². The molecule has 30 heavy (non-hydrogen) atoms. The van der Waals surface area contributed by atoms with Crippen molar-refractivity contribution in [2.75, 3.05) is 7.11 Å². The zero-order valence-electron chi connectivity index (χ0n) is 18.2. The normalized spacial score (nSPS) is 12.7. The first-order valence-corrected chi connectivity index (χ1v) is 10.7. The summed E-state index contributed by atoms with van der Waals surface area (Å²) in [4.78, 5) is 27.9. The number of hydrogen-bond donors (Lipinski definition) is 1. The average Bonchev–Trinajstić information content (AvgIpc) is 2.75. The number of amides is 2. The maximum absolute atomic E-state index is 13.3. The summed E-state index contributed by atoms with van der Waals surface area (Å²) in [5.41, 5.74) is 1.80. The highest BCUT2D eigenvalue weighted by Gasteiger charge is 2.29. The van der Waals surface area contributed by atoms with Crippen molar-refractivity contribution in [2.45, 2.75) is 58.7 Å². The van der Waals surface area contributed by atoms with Crippen molar-refractivity contribution in [3.8, 4) is 5.75 Å². The summed E-state index contributed by atoms with van der Waals surface area (Å²) in [5.74, 6) is 0.522. The second-order valence-electron chi connectivity index (χ2n) is 7.41. The summed E-state index contributed by atoms with van der Waals surface area (Å²) in [7, 11) is 1.61. The molecule has 0 aromatic heterocycles. The molecule has 0 radical (unpaired) electrons. The van der Waals surface area contributed by atoms with E-state index in [1.807, 2.05) is 57.2 Å². The van der Waals surface area contributed by atoms with Crippen molar-refractivity contribution in [3.05, 3.63) is 64.7 Å². The summed E-state index contributed by atoms with van der Waals surface area (Å²) in [6.45, 7) is 6.26. The van der Waals surface area contributed by atoms with E-state index >= 15 is 0 Å². The number of nitrogens with one attached hydrogen (secondary N) is 1. The summed E-state index contributed by atoms with van der Waals surface area (Å²) < 4.78 is 5.19. The zero-order valence-corrected chi connectivity index (χ0v) is 18.9. The minimum Gasteiger partial charge on any atom is -0.497 e. The number of benzene rings is 2. The Morgan fingerprint density at radius 3 is 2.13 bits per heavy atom. The van der Waals surface area contributed by atoms with Crippen LogP contribution in [0.4, 0.5) is 0 Å². The lowest BCUT2D eigenvalue weighted by Gasteiger charge is -2.31. The van der Waals surface area contributed by atoms with Crippen LogP contribution in [0.5, 0.6) is 5.75 Å². The lowest BCUT2D eigenvalue weighted by atomic mass is 10.1. The van der Waals surface area contributed by atoms with E-state index in [4.69, 9.17) is 16.3 Å². The number of methoxy groups -OCH3 is 1. The fraction of sp³-hybridized carbons (Fsp3) is 0.417. The molecule has 0 unspecified atom stereocenters. The number of halogens is 1. The SMILES string of the molecule is CC[C@@H](C)NC(=O)[C@@H](CC)N(Cc1ccc(Cl)cc1)C(=O)Cc1ccc(OC)cc1. The van der Waals surface area contributed by atoms with Crippen LogP contribution in [0.2, 0.25) is 5.02 Å². The summed E-state index contributed by atoms with van der Waals surface area (Å²) in [6, 6.07) is 14.3. The number of ether oxygens (including phenoxy) is 1. The van der Waals surface area contributed by atoms with Gasteiger partial charge in [-0.05, 0) is 55.2 Å². The molecule has 0 saturated carbocycles. The van der Waals surface area contributed by atoms with Gasteiger partial charge in [0.15, 0.2) is 0 Å². The second kappa shape index (κ2) is 11.6. The third-order valence-corrected chi connectivity index (χ3v) is 5.42. The van der Waals surface area contributed by atoms with Gasteiger partial charge >= 0.3 is 0 Å². The van der Waals surface area contributed by atoms with Crippen LogP contribution < -0.4 is 10.1 Å². The topological polar surface area (TPSA) is 58.6 Å². The Labute approximate surface area is 184 Å². The van der Waals surface area contributed by atoms with Crippen LogP contribution >= 0.6 is 11.6 Å². The smallest absolute Gasteiger partial charge is 0.243 e. The predicted molar refractivity (Wildman–Crippen MR) is 121 cm³/mol. The molecule has 0 spiro atoms. The fourth-order valence-electron chi connectivity index (χ4n) is 3.17. The highest BCUT2D eigenvalue weighted by molar-refractivity contribution is 6.30. The van der Waals surface area contributed by atoms with Crippen LogP contribution in [0.25, 0.3) is 0 Å². The van der Waals surface area contributed by atoms with Gasteiger partial charge in [-0.25, -0.2) is 0 Å². The Kier molecular flexibility index (Phi) is 9.18. The van der Waals surface area contributed by atoms with Gasteiger partial charge in [0.25, 0.3) is 0 Å². The van der Waals surface area contributed by atoms with E-state index in [9.17, 15) is 9.59 Å². The average molecular weight is 431 g/mol. The number of hydrogen-bond acceptors (Lipinski definition) is 3. The van der Waals surface area contributed by atoms with Gasteiger partial charge in [0.1, 0.15) is 11.8 Å². The highest BCUT2D eigenvalue weighted by atomic mass is 35.5. The van der Waals surface area contributed by atoms with Gasteiger partial charge in [-0.1, -0.05) is 49.7 Å². The third-order valence-electron chi connectivity index (χ3n) is 5.17. The summed E-state index contributed by atoms with van der Waals surface area (Å²) in [5, 5.41) is 3.65. The van der Waals surface area contributed by atoms with Crippen molar-refractivity contribution in [3.63, 3.8) is 0 Å². The first-order chi connectivity index (χ1) is 14.4. The molecule has 0 saturated heterocycles. The predicted octanol–water partition coefficient (Wildman–Crippen LogP) is 4.61. The lowest BCUT2D eigenvalue weighted by molar-refractivity contribution is -0.141. The first-order valence-electron chi connectivity index (χ1n) is 10.3. The monoisotopic (exact) mass is 430 g/mol. The molecule has 6 heteroatoms. The molecule has 0 heterocycles. The molecule has 1 N–H and O–H groups in total. The molecule has 0 aliphatic carbocycles. The molecule has 0 fully saturated rings. The Morgan fingerprint density at radius 1 is 1.00 bits per heavy atom. The quantitative estimate of drug-likeness (QED) is 0.598. The molecule has 0 aliphatic heterocycles. The van der Waals surface area contributed by atoms with E-state index in [2.05, 4.69) is 5.32 Å². The molecule has 0 bridgehead atoms. The van der Waals surface area contributed by atoms with E-state index in [-0.39, 0.29) is 24.3 Å². The Bertz CT molecular complexity index is 821. The van der Waals surface area contributed by atoms with Crippen LogP contribution in [0.3, 0.4) is 0 Å². The largest absolute Gasteiger partial charge is 0.497 e. The van der Waals surface area contributed by atoms with Gasteiger partial charge in [-0.2, -0.15) is 0 Å². The molecule has 2 aromatic rings. The fourth-order valence-corrected chi connectivity index (χ4v) is 3.29. The Hall–Kier alpha value is -2.53. The van der Waals surface area contributed by atoms with Crippen LogP contribution in [0.15, 0.2) is 48.5 Å².